The Hall–Kier alpha value is -7.31. The minimum Gasteiger partial charge on any atom is -0.309 e. The van der Waals surface area contributed by atoms with Crippen LogP contribution in [0.15, 0.2) is 158 Å². The summed E-state index contributed by atoms with van der Waals surface area (Å²) in [5, 5.41) is 9.12. The molecule has 0 atom stereocenters. The highest BCUT2D eigenvalue weighted by atomic mass is 15.0. The summed E-state index contributed by atoms with van der Waals surface area (Å²) in [5.74, 6) is 1.80. The van der Waals surface area contributed by atoms with Crippen LogP contribution in [0.1, 0.15) is 51.7 Å². The normalized spacial score (nSPS) is 14.7. The molecular formula is C55H42N6. The number of hydrogen-bond acceptors (Lipinski definition) is 5. The first-order chi connectivity index (χ1) is 29.7. The van der Waals surface area contributed by atoms with E-state index in [9.17, 15) is 0 Å². The van der Waals surface area contributed by atoms with E-state index in [-0.39, 0.29) is 10.8 Å². The number of hydrogen-bond donors (Lipinski definition) is 0. The molecule has 7 aromatic carbocycles. The van der Waals surface area contributed by atoms with Crippen molar-refractivity contribution in [3.8, 4) is 39.9 Å². The van der Waals surface area contributed by atoms with E-state index in [1.807, 2.05) is 24.5 Å². The summed E-state index contributed by atoms with van der Waals surface area (Å²) in [6, 6.07) is 52.1. The van der Waals surface area contributed by atoms with Crippen molar-refractivity contribution in [3.05, 3.63) is 169 Å². The summed E-state index contributed by atoms with van der Waals surface area (Å²) >= 11 is 0. The van der Waals surface area contributed by atoms with Crippen molar-refractivity contribution >= 4 is 65.2 Å². The highest BCUT2D eigenvalue weighted by Crippen LogP contribution is 2.49. The molecule has 11 aromatic rings. The van der Waals surface area contributed by atoms with Crippen LogP contribution >= 0.6 is 0 Å². The number of aromatic nitrogens is 6. The Labute approximate surface area is 353 Å². The maximum atomic E-state index is 5.35. The van der Waals surface area contributed by atoms with Crippen LogP contribution in [0, 0.1) is 0 Å². The second-order valence-electron chi connectivity index (χ2n) is 18.0. The summed E-state index contributed by atoms with van der Waals surface area (Å²) in [5.41, 5.74) is 10.9. The zero-order valence-corrected chi connectivity index (χ0v) is 34.6. The van der Waals surface area contributed by atoms with E-state index in [2.05, 4.69) is 166 Å². The van der Waals surface area contributed by atoms with Gasteiger partial charge < -0.3 is 4.57 Å². The van der Waals surface area contributed by atoms with E-state index in [0.717, 1.165) is 61.4 Å². The molecular weight excluding hydrogens is 745 g/mol. The monoisotopic (exact) mass is 786 g/mol. The van der Waals surface area contributed by atoms with Crippen LogP contribution in [0.25, 0.3) is 105 Å². The summed E-state index contributed by atoms with van der Waals surface area (Å²) < 4.78 is 2.48. The van der Waals surface area contributed by atoms with E-state index in [1.54, 1.807) is 0 Å². The van der Waals surface area contributed by atoms with Crippen LogP contribution in [0.3, 0.4) is 0 Å². The zero-order chi connectivity index (χ0) is 41.0. The fraction of sp³-hybridized carbons (Fsp3) is 0.145. The van der Waals surface area contributed by atoms with Gasteiger partial charge in [-0.3, -0.25) is 9.97 Å². The topological polar surface area (TPSA) is 69.4 Å². The van der Waals surface area contributed by atoms with Crippen LogP contribution in [-0.4, -0.2) is 29.5 Å². The van der Waals surface area contributed by atoms with Crippen molar-refractivity contribution in [1.82, 2.24) is 29.5 Å². The molecule has 1 aliphatic rings. The van der Waals surface area contributed by atoms with E-state index in [4.69, 9.17) is 24.9 Å². The van der Waals surface area contributed by atoms with Crippen LogP contribution < -0.4 is 0 Å². The van der Waals surface area contributed by atoms with Crippen molar-refractivity contribution < 1.29 is 0 Å². The van der Waals surface area contributed by atoms with E-state index < -0.39 is 0 Å². The van der Waals surface area contributed by atoms with Gasteiger partial charge in [-0.1, -0.05) is 131 Å². The summed E-state index contributed by atoms with van der Waals surface area (Å²) in [6.07, 6.45) is 5.96. The molecule has 0 unspecified atom stereocenters. The lowest BCUT2D eigenvalue weighted by atomic mass is 9.63. The molecule has 0 N–H and O–H groups in total. The number of rotatable bonds is 4. The third-order valence-corrected chi connectivity index (χ3v) is 13.4. The van der Waals surface area contributed by atoms with Gasteiger partial charge in [0.1, 0.15) is 0 Å². The largest absolute Gasteiger partial charge is 0.309 e. The summed E-state index contributed by atoms with van der Waals surface area (Å²) in [4.78, 5) is 25.5. The second-order valence-corrected chi connectivity index (χ2v) is 18.0. The first kappa shape index (κ1) is 35.6. The molecule has 4 heterocycles. The molecule has 0 saturated heterocycles. The highest BCUT2D eigenvalue weighted by Gasteiger charge is 2.38. The predicted molar refractivity (Wildman–Crippen MR) is 251 cm³/mol. The molecule has 6 nitrogen and oxygen atoms in total. The van der Waals surface area contributed by atoms with Crippen LogP contribution in [-0.2, 0) is 10.8 Å². The summed E-state index contributed by atoms with van der Waals surface area (Å²) in [6.45, 7) is 9.64. The van der Waals surface area contributed by atoms with Crippen molar-refractivity contribution in [2.24, 2.45) is 0 Å². The number of pyridine rings is 2. The van der Waals surface area contributed by atoms with Gasteiger partial charge in [0.15, 0.2) is 17.5 Å². The number of nitrogens with zero attached hydrogens (tertiary/aromatic N) is 6. The molecule has 12 rings (SSSR count). The molecule has 61 heavy (non-hydrogen) atoms. The van der Waals surface area contributed by atoms with Gasteiger partial charge in [0.25, 0.3) is 0 Å². The molecule has 0 aliphatic heterocycles. The smallest absolute Gasteiger partial charge is 0.164 e. The Morgan fingerprint density at radius 1 is 0.443 bits per heavy atom. The minimum absolute atomic E-state index is 0.0576. The molecule has 0 bridgehead atoms. The third kappa shape index (κ3) is 5.51. The third-order valence-electron chi connectivity index (χ3n) is 13.4. The Kier molecular flexibility index (Phi) is 7.65. The Morgan fingerprint density at radius 3 is 1.89 bits per heavy atom. The fourth-order valence-corrected chi connectivity index (χ4v) is 10.0. The zero-order valence-electron chi connectivity index (χ0n) is 34.6. The lowest BCUT2D eigenvalue weighted by Crippen LogP contribution is -2.33. The lowest BCUT2D eigenvalue weighted by molar-refractivity contribution is 0.332. The molecule has 4 aromatic heterocycles. The number of benzene rings is 7. The maximum Gasteiger partial charge on any atom is 0.164 e. The molecule has 292 valence electrons. The first-order valence-corrected chi connectivity index (χ1v) is 21.2. The molecule has 0 fully saturated rings. The molecule has 0 radical (unpaired) electrons. The maximum absolute atomic E-state index is 5.35. The average Bonchev–Trinajstić information content (AvgIpc) is 3.64. The van der Waals surface area contributed by atoms with Gasteiger partial charge in [0.05, 0.1) is 22.1 Å². The van der Waals surface area contributed by atoms with Gasteiger partial charge in [0, 0.05) is 61.7 Å². The van der Waals surface area contributed by atoms with E-state index in [1.165, 1.54) is 50.1 Å². The fourth-order valence-electron chi connectivity index (χ4n) is 10.0. The van der Waals surface area contributed by atoms with Crippen molar-refractivity contribution in [2.75, 3.05) is 0 Å². The minimum atomic E-state index is 0.0576. The van der Waals surface area contributed by atoms with E-state index in [0.29, 0.717) is 17.5 Å². The van der Waals surface area contributed by atoms with Gasteiger partial charge in [-0.05, 0) is 93.4 Å². The molecule has 0 spiro atoms. The van der Waals surface area contributed by atoms with Crippen molar-refractivity contribution in [1.29, 1.82) is 0 Å². The molecule has 0 saturated carbocycles. The van der Waals surface area contributed by atoms with Gasteiger partial charge in [-0.25, -0.2) is 15.0 Å². The highest BCUT2D eigenvalue weighted by molar-refractivity contribution is 6.19. The van der Waals surface area contributed by atoms with Gasteiger partial charge in [-0.15, -0.1) is 0 Å². The van der Waals surface area contributed by atoms with Gasteiger partial charge >= 0.3 is 0 Å². The molecule has 1 aliphatic carbocycles. The molecule has 0 amide bonds. The lowest BCUT2D eigenvalue weighted by Gasteiger charge is -2.42. The Bertz CT molecular complexity index is 3610. The van der Waals surface area contributed by atoms with E-state index >= 15 is 0 Å². The average molecular weight is 787 g/mol. The van der Waals surface area contributed by atoms with Crippen molar-refractivity contribution in [3.63, 3.8) is 0 Å². The standard InChI is InChI=1S/C55H42N6/c1-54(2)25-26-55(3,4)46-32-47-43(31-45(46)54)41-24-23-34-14-6-8-20-39(34)50(41)61(47)37-18-9-16-36(29-37)51-58-52(42-21-10-15-33-13-5-7-19-38(33)42)60-53(59-51)44-30-35-17-11-27-56-48(35)49-40(44)22-12-28-57-49/h5-24,27-32H,25-26H2,1-4H3. The Balaban J connectivity index is 1.14. The van der Waals surface area contributed by atoms with Gasteiger partial charge in [-0.2, -0.15) is 0 Å². The SMILES string of the molecule is CC1(C)CCC(C)(C)c2cc3c(cc21)c1ccc2ccccc2c1n3-c1cccc(-c2nc(-c3cccc4ccccc34)nc(-c3cc4cccnc4c4ncccc34)n2)c1. The van der Waals surface area contributed by atoms with Gasteiger partial charge in [0.2, 0.25) is 0 Å². The Morgan fingerprint density at radius 2 is 1.07 bits per heavy atom. The van der Waals surface area contributed by atoms with Crippen LogP contribution in [0.2, 0.25) is 0 Å². The quantitative estimate of drug-likeness (QED) is 0.166. The second kappa shape index (κ2) is 13.1. The first-order valence-electron chi connectivity index (χ1n) is 21.2. The summed E-state index contributed by atoms with van der Waals surface area (Å²) in [7, 11) is 0. The number of fused-ring (bicyclic) bond motifs is 10. The van der Waals surface area contributed by atoms with Crippen molar-refractivity contribution in [2.45, 2.75) is 51.4 Å². The molecule has 6 heteroatoms. The van der Waals surface area contributed by atoms with Crippen LogP contribution in [0.4, 0.5) is 0 Å². The van der Waals surface area contributed by atoms with Crippen LogP contribution in [0.5, 0.6) is 0 Å². The predicted octanol–water partition coefficient (Wildman–Crippen LogP) is 13.7.